The first-order valence-electron chi connectivity index (χ1n) is 7.39. The normalized spacial score (nSPS) is 16.8. The summed E-state index contributed by atoms with van der Waals surface area (Å²) in [4.78, 5) is 22.4. The molecule has 1 fully saturated rings. The molecule has 0 aromatic carbocycles. The van der Waals surface area contributed by atoms with Crippen LogP contribution in [0.4, 0.5) is 5.82 Å². The zero-order chi connectivity index (χ0) is 16.2. The van der Waals surface area contributed by atoms with Gasteiger partial charge >= 0.3 is 0 Å². The van der Waals surface area contributed by atoms with Gasteiger partial charge in [-0.3, -0.25) is 4.79 Å². The number of thioether (sulfide) groups is 1. The summed E-state index contributed by atoms with van der Waals surface area (Å²) in [6, 6.07) is 4.04. The van der Waals surface area contributed by atoms with Gasteiger partial charge in [-0.25, -0.2) is 9.97 Å². The third-order valence-corrected chi connectivity index (χ3v) is 4.92. The topological polar surface area (TPSA) is 95.9 Å². The second kappa shape index (κ2) is 6.97. The Labute approximate surface area is 135 Å². The number of nitriles is 1. The Morgan fingerprint density at radius 2 is 2.14 bits per heavy atom. The monoisotopic (exact) mass is 319 g/mol. The summed E-state index contributed by atoms with van der Waals surface area (Å²) in [6.45, 7) is 1.84. The molecule has 2 rings (SSSR count). The lowest BCUT2D eigenvalue weighted by Gasteiger charge is -2.39. The molecule has 1 aromatic heterocycles. The van der Waals surface area contributed by atoms with Gasteiger partial charge in [0.2, 0.25) is 5.91 Å². The number of rotatable bonds is 4. The van der Waals surface area contributed by atoms with Crippen molar-refractivity contribution in [3.63, 3.8) is 0 Å². The minimum absolute atomic E-state index is 0.0721. The SMILES string of the molecule is Cc1cc(N)nc(SCC(=O)N(C)C2(C#N)CCCCC2)n1. The first kappa shape index (κ1) is 16.6. The van der Waals surface area contributed by atoms with Crippen molar-refractivity contribution in [1.82, 2.24) is 14.9 Å². The summed E-state index contributed by atoms with van der Waals surface area (Å²) in [5, 5.41) is 10.0. The molecule has 2 N–H and O–H groups in total. The Hall–Kier alpha value is -1.81. The van der Waals surface area contributed by atoms with Crippen LogP contribution in [0.2, 0.25) is 0 Å². The van der Waals surface area contributed by atoms with E-state index in [0.29, 0.717) is 11.0 Å². The molecule has 7 heteroatoms. The van der Waals surface area contributed by atoms with Gasteiger partial charge in [0.25, 0.3) is 0 Å². The lowest BCUT2D eigenvalue weighted by molar-refractivity contribution is -0.131. The number of nitrogens with zero attached hydrogens (tertiary/aromatic N) is 4. The van der Waals surface area contributed by atoms with E-state index in [9.17, 15) is 10.1 Å². The van der Waals surface area contributed by atoms with Crippen LogP contribution in [0.3, 0.4) is 0 Å². The van der Waals surface area contributed by atoms with Gasteiger partial charge in [0.15, 0.2) is 5.16 Å². The number of anilines is 1. The molecule has 1 amide bonds. The Balaban J connectivity index is 2.00. The number of nitrogen functional groups attached to an aromatic ring is 1. The molecule has 0 aliphatic heterocycles. The molecule has 1 aromatic rings. The van der Waals surface area contributed by atoms with Gasteiger partial charge in [-0.05, 0) is 19.8 Å². The van der Waals surface area contributed by atoms with Crippen LogP contribution >= 0.6 is 11.8 Å². The van der Waals surface area contributed by atoms with Crippen molar-refractivity contribution in [3.8, 4) is 6.07 Å². The highest BCUT2D eigenvalue weighted by Crippen LogP contribution is 2.33. The van der Waals surface area contributed by atoms with Gasteiger partial charge in [-0.2, -0.15) is 5.26 Å². The molecule has 0 radical (unpaired) electrons. The zero-order valence-electron chi connectivity index (χ0n) is 13.0. The summed E-state index contributed by atoms with van der Waals surface area (Å²) in [7, 11) is 1.73. The van der Waals surface area contributed by atoms with Crippen molar-refractivity contribution >= 4 is 23.5 Å². The second-order valence-corrected chi connectivity index (χ2v) is 6.60. The van der Waals surface area contributed by atoms with Gasteiger partial charge in [0, 0.05) is 18.8 Å². The van der Waals surface area contributed by atoms with E-state index in [0.717, 1.165) is 37.8 Å². The van der Waals surface area contributed by atoms with Crippen molar-refractivity contribution in [2.45, 2.75) is 49.7 Å². The van der Waals surface area contributed by atoms with E-state index in [1.165, 1.54) is 11.8 Å². The third kappa shape index (κ3) is 3.69. The van der Waals surface area contributed by atoms with Gasteiger partial charge < -0.3 is 10.6 Å². The average molecular weight is 319 g/mol. The highest BCUT2D eigenvalue weighted by Gasteiger charge is 2.38. The Morgan fingerprint density at radius 3 is 2.73 bits per heavy atom. The van der Waals surface area contributed by atoms with E-state index in [1.807, 2.05) is 6.92 Å². The number of hydrogen-bond donors (Lipinski definition) is 1. The van der Waals surface area contributed by atoms with Gasteiger partial charge in [0.05, 0.1) is 11.8 Å². The van der Waals surface area contributed by atoms with E-state index in [-0.39, 0.29) is 11.7 Å². The van der Waals surface area contributed by atoms with E-state index in [4.69, 9.17) is 5.73 Å². The van der Waals surface area contributed by atoms with Crippen LogP contribution in [-0.4, -0.2) is 39.1 Å². The van der Waals surface area contributed by atoms with Gasteiger partial charge in [0.1, 0.15) is 11.4 Å². The molecule has 1 aliphatic rings. The standard InChI is InChI=1S/C15H21N5OS/c1-11-8-12(17)19-14(18-11)22-9-13(21)20(2)15(10-16)6-4-3-5-7-15/h8H,3-7,9H2,1-2H3,(H2,17,18,19). The largest absolute Gasteiger partial charge is 0.384 e. The van der Waals surface area contributed by atoms with E-state index >= 15 is 0 Å². The van der Waals surface area contributed by atoms with Crippen LogP contribution in [0.5, 0.6) is 0 Å². The van der Waals surface area contributed by atoms with E-state index < -0.39 is 5.54 Å². The summed E-state index contributed by atoms with van der Waals surface area (Å²) in [5.74, 6) is 0.539. The number of hydrogen-bond acceptors (Lipinski definition) is 6. The summed E-state index contributed by atoms with van der Waals surface area (Å²) in [6.07, 6.45) is 4.64. The summed E-state index contributed by atoms with van der Waals surface area (Å²) >= 11 is 1.26. The second-order valence-electron chi connectivity index (χ2n) is 5.66. The molecule has 0 saturated heterocycles. The minimum atomic E-state index is -0.650. The number of aromatic nitrogens is 2. The van der Waals surface area contributed by atoms with Crippen LogP contribution < -0.4 is 5.73 Å². The molecule has 0 unspecified atom stereocenters. The molecule has 0 spiro atoms. The Bertz CT molecular complexity index is 572. The molecular weight excluding hydrogens is 298 g/mol. The van der Waals surface area contributed by atoms with Crippen LogP contribution in [0, 0.1) is 18.3 Å². The molecule has 1 aliphatic carbocycles. The first-order chi connectivity index (χ1) is 10.5. The van der Waals surface area contributed by atoms with Crippen molar-refractivity contribution < 1.29 is 4.79 Å². The Kier molecular flexibility index (Phi) is 5.24. The Morgan fingerprint density at radius 1 is 1.45 bits per heavy atom. The van der Waals surface area contributed by atoms with Crippen LogP contribution in [-0.2, 0) is 4.79 Å². The smallest absolute Gasteiger partial charge is 0.234 e. The van der Waals surface area contributed by atoms with Crippen molar-refractivity contribution in [2.24, 2.45) is 0 Å². The number of aryl methyl sites for hydroxylation is 1. The van der Waals surface area contributed by atoms with Gasteiger partial charge in [-0.1, -0.05) is 31.0 Å². The highest BCUT2D eigenvalue weighted by atomic mass is 32.2. The molecule has 1 saturated carbocycles. The summed E-state index contributed by atoms with van der Waals surface area (Å²) in [5.41, 5.74) is 5.81. The average Bonchev–Trinajstić information content (AvgIpc) is 2.51. The number of amides is 1. The number of carbonyl (C=O) groups is 1. The lowest BCUT2D eigenvalue weighted by Crippen LogP contribution is -2.50. The van der Waals surface area contributed by atoms with E-state index in [1.54, 1.807) is 18.0 Å². The quantitative estimate of drug-likeness (QED) is 0.675. The van der Waals surface area contributed by atoms with E-state index in [2.05, 4.69) is 16.0 Å². The number of nitrogens with two attached hydrogens (primary N) is 1. The molecule has 22 heavy (non-hydrogen) atoms. The molecule has 1 heterocycles. The molecule has 6 nitrogen and oxygen atoms in total. The number of carbonyl (C=O) groups excluding carboxylic acids is 1. The van der Waals surface area contributed by atoms with Gasteiger partial charge in [-0.15, -0.1) is 0 Å². The first-order valence-corrected chi connectivity index (χ1v) is 8.37. The van der Waals surface area contributed by atoms with Crippen LogP contribution in [0.1, 0.15) is 37.8 Å². The fourth-order valence-corrected chi connectivity index (χ4v) is 3.57. The predicted molar refractivity (Wildman–Crippen MR) is 86.1 cm³/mol. The summed E-state index contributed by atoms with van der Waals surface area (Å²) < 4.78 is 0. The lowest BCUT2D eigenvalue weighted by atomic mass is 9.81. The maximum absolute atomic E-state index is 12.4. The maximum Gasteiger partial charge on any atom is 0.234 e. The van der Waals surface area contributed by atoms with Crippen molar-refractivity contribution in [3.05, 3.63) is 11.8 Å². The molecule has 0 bridgehead atoms. The molecular formula is C15H21N5OS. The fraction of sp³-hybridized carbons (Fsp3) is 0.600. The minimum Gasteiger partial charge on any atom is -0.384 e. The third-order valence-electron chi connectivity index (χ3n) is 4.08. The molecule has 118 valence electrons. The van der Waals surface area contributed by atoms with Crippen LogP contribution in [0.25, 0.3) is 0 Å². The maximum atomic E-state index is 12.4. The fourth-order valence-electron chi connectivity index (χ4n) is 2.75. The molecule has 0 atom stereocenters. The predicted octanol–water partition coefficient (Wildman–Crippen LogP) is 2.14. The van der Waals surface area contributed by atoms with Crippen molar-refractivity contribution in [1.29, 1.82) is 5.26 Å². The van der Waals surface area contributed by atoms with Crippen LogP contribution in [0.15, 0.2) is 11.2 Å². The highest BCUT2D eigenvalue weighted by molar-refractivity contribution is 7.99. The van der Waals surface area contributed by atoms with Crippen molar-refractivity contribution in [2.75, 3.05) is 18.5 Å². The zero-order valence-corrected chi connectivity index (χ0v) is 13.8.